The lowest BCUT2D eigenvalue weighted by atomic mass is 10.1. The van der Waals surface area contributed by atoms with Crippen LogP contribution < -0.4 is 5.73 Å². The molecule has 3 nitrogen and oxygen atoms in total. The maximum absolute atomic E-state index is 13.2. The van der Waals surface area contributed by atoms with Gasteiger partial charge in [0, 0.05) is 15.8 Å². The summed E-state index contributed by atoms with van der Waals surface area (Å²) >= 11 is 1.61. The number of rotatable bonds is 4. The molecule has 3 rings (SSSR count). The fourth-order valence-electron chi connectivity index (χ4n) is 2.66. The molecule has 0 radical (unpaired) electrons. The number of alkyl halides is 3. The van der Waals surface area contributed by atoms with Crippen molar-refractivity contribution in [2.75, 3.05) is 0 Å². The molecule has 1 aliphatic heterocycles. The number of nitrogens with two attached hydrogens (primary N) is 1. The Morgan fingerprint density at radius 3 is 2.62 bits per heavy atom. The third-order valence-electron chi connectivity index (χ3n) is 3.83. The van der Waals surface area contributed by atoms with E-state index in [9.17, 15) is 13.2 Å². The molecule has 1 aromatic heterocycles. The Kier molecular flexibility index (Phi) is 4.56. The third kappa shape index (κ3) is 3.42. The highest BCUT2D eigenvalue weighted by atomic mass is 32.1. The minimum absolute atomic E-state index is 0.00307. The Morgan fingerprint density at radius 1 is 1.21 bits per heavy atom. The Balaban J connectivity index is 1.87. The first kappa shape index (κ1) is 16.9. The number of hydrogen-bond donors (Lipinski definition) is 1. The van der Waals surface area contributed by atoms with Gasteiger partial charge in [-0.05, 0) is 30.2 Å². The third-order valence-corrected chi connectivity index (χ3v) is 5.13. The number of aryl methyl sites for hydroxylation is 1. The summed E-state index contributed by atoms with van der Waals surface area (Å²) in [6.45, 7) is 2.05. The lowest BCUT2D eigenvalue weighted by molar-refractivity contribution is -0.144. The molecule has 1 atom stereocenters. The molecule has 1 aliphatic rings. The van der Waals surface area contributed by atoms with E-state index in [1.165, 1.54) is 22.1 Å². The smallest absolute Gasteiger partial charge is 0.387 e. The molecule has 0 amide bonds. The quantitative estimate of drug-likeness (QED) is 0.871. The maximum atomic E-state index is 13.2. The van der Waals surface area contributed by atoms with E-state index in [0.717, 1.165) is 17.4 Å². The van der Waals surface area contributed by atoms with Gasteiger partial charge in [0.05, 0.1) is 12.1 Å². The van der Waals surface area contributed by atoms with E-state index >= 15 is 0 Å². The lowest BCUT2D eigenvalue weighted by Gasteiger charge is -2.23. The van der Waals surface area contributed by atoms with Crippen molar-refractivity contribution in [1.29, 1.82) is 0 Å². The molecule has 0 fully saturated rings. The van der Waals surface area contributed by atoms with Gasteiger partial charge in [-0.15, -0.1) is 16.4 Å². The summed E-state index contributed by atoms with van der Waals surface area (Å²) in [6.07, 6.45) is -1.76. The zero-order valence-corrected chi connectivity index (χ0v) is 13.8. The van der Waals surface area contributed by atoms with Crippen molar-refractivity contribution in [3.8, 4) is 0 Å². The van der Waals surface area contributed by atoms with E-state index in [2.05, 4.69) is 6.92 Å². The summed E-state index contributed by atoms with van der Waals surface area (Å²) in [4.78, 5) is 7.66. The molecule has 2 heterocycles. The Morgan fingerprint density at radius 2 is 1.96 bits per heavy atom. The second-order valence-corrected chi connectivity index (χ2v) is 6.69. The maximum Gasteiger partial charge on any atom is 0.416 e. The van der Waals surface area contributed by atoms with Crippen LogP contribution in [0.3, 0.4) is 0 Å². The van der Waals surface area contributed by atoms with Crippen LogP contribution in [0, 0.1) is 0 Å². The van der Waals surface area contributed by atoms with Crippen LogP contribution in [-0.2, 0) is 24.0 Å². The molecule has 0 saturated carbocycles. The summed E-state index contributed by atoms with van der Waals surface area (Å²) < 4.78 is 39.5. The van der Waals surface area contributed by atoms with E-state index in [1.807, 2.05) is 12.1 Å². The number of benzene rings is 1. The van der Waals surface area contributed by atoms with Gasteiger partial charge < -0.3 is 10.6 Å². The summed E-state index contributed by atoms with van der Waals surface area (Å²) in [5, 5.41) is 1.49. The van der Waals surface area contributed by atoms with Crippen LogP contribution in [0.2, 0.25) is 0 Å². The minimum Gasteiger partial charge on any atom is -0.387 e. The minimum atomic E-state index is -4.40. The average Bonchev–Trinajstić information content (AvgIpc) is 3.13. The molecular weight excluding hydrogens is 337 g/mol. The number of thiophene rings is 1. The second kappa shape index (κ2) is 6.49. The van der Waals surface area contributed by atoms with Gasteiger partial charge in [-0.3, -0.25) is 0 Å². The first-order valence-electron chi connectivity index (χ1n) is 7.54. The highest BCUT2D eigenvalue weighted by Gasteiger charge is 2.35. The van der Waals surface area contributed by atoms with E-state index in [0.29, 0.717) is 0 Å². The van der Waals surface area contributed by atoms with Crippen LogP contribution in [0.15, 0.2) is 48.4 Å². The van der Waals surface area contributed by atoms with E-state index in [1.54, 1.807) is 23.5 Å². The van der Waals surface area contributed by atoms with Gasteiger partial charge in [0.15, 0.2) is 0 Å². The van der Waals surface area contributed by atoms with E-state index in [-0.39, 0.29) is 24.0 Å². The van der Waals surface area contributed by atoms with Gasteiger partial charge in [-0.2, -0.15) is 13.2 Å². The Labute approximate surface area is 142 Å². The number of halogens is 3. The zero-order valence-electron chi connectivity index (χ0n) is 13.0. The highest BCUT2D eigenvalue weighted by molar-refractivity contribution is 7.12. The largest absolute Gasteiger partial charge is 0.416 e. The van der Waals surface area contributed by atoms with Crippen molar-refractivity contribution in [3.63, 3.8) is 0 Å². The van der Waals surface area contributed by atoms with Crippen molar-refractivity contribution in [3.05, 3.63) is 69.2 Å². The lowest BCUT2D eigenvalue weighted by Crippen LogP contribution is -2.24. The van der Waals surface area contributed by atoms with Gasteiger partial charge in [-0.25, -0.2) is 0 Å². The van der Waals surface area contributed by atoms with Crippen LogP contribution in [-0.4, -0.2) is 5.06 Å². The molecule has 24 heavy (non-hydrogen) atoms. The molecule has 0 saturated heterocycles. The molecule has 2 aromatic rings. The van der Waals surface area contributed by atoms with Gasteiger partial charge in [0.25, 0.3) is 0 Å². The van der Waals surface area contributed by atoms with Gasteiger partial charge >= 0.3 is 6.18 Å². The van der Waals surface area contributed by atoms with Crippen LogP contribution in [0.25, 0.3) is 0 Å². The molecule has 0 aliphatic carbocycles. The molecule has 128 valence electrons. The van der Waals surface area contributed by atoms with Gasteiger partial charge in [0.2, 0.25) is 5.88 Å². The van der Waals surface area contributed by atoms with Crippen molar-refractivity contribution in [2.45, 2.75) is 32.1 Å². The first-order chi connectivity index (χ1) is 11.4. The number of nitrogens with zero attached hydrogens (tertiary/aromatic N) is 1. The normalized spacial score (nSPS) is 18.5. The highest BCUT2D eigenvalue weighted by Crippen LogP contribution is 2.38. The van der Waals surface area contributed by atoms with E-state index in [4.69, 9.17) is 10.6 Å². The SMILES string of the molecule is CCc1ccc(C2C=C(N)ON2Cc2ccccc2C(F)(F)F)s1. The first-order valence-corrected chi connectivity index (χ1v) is 8.35. The predicted octanol–water partition coefficient (Wildman–Crippen LogP) is 4.62. The van der Waals surface area contributed by atoms with E-state index < -0.39 is 11.7 Å². The van der Waals surface area contributed by atoms with Crippen LogP contribution in [0.1, 0.15) is 33.8 Å². The molecule has 2 N–H and O–H groups in total. The molecule has 0 spiro atoms. The fraction of sp³-hybridized carbons (Fsp3) is 0.294. The van der Waals surface area contributed by atoms with Crippen molar-refractivity contribution >= 4 is 11.3 Å². The van der Waals surface area contributed by atoms with Crippen LogP contribution >= 0.6 is 11.3 Å². The second-order valence-electron chi connectivity index (χ2n) is 5.49. The summed E-state index contributed by atoms with van der Waals surface area (Å²) in [6, 6.07) is 9.22. The predicted molar refractivity (Wildman–Crippen MR) is 86.8 cm³/mol. The fourth-order valence-corrected chi connectivity index (χ4v) is 3.69. The molecule has 1 unspecified atom stereocenters. The van der Waals surface area contributed by atoms with Crippen LogP contribution in [0.4, 0.5) is 13.2 Å². The van der Waals surface area contributed by atoms with Crippen molar-refractivity contribution in [2.24, 2.45) is 5.73 Å². The molecule has 0 bridgehead atoms. The Hall–Kier alpha value is -1.99. The van der Waals surface area contributed by atoms with Gasteiger partial charge in [-0.1, -0.05) is 25.1 Å². The Bertz CT molecular complexity index is 754. The zero-order chi connectivity index (χ0) is 17.3. The number of hydroxylamine groups is 2. The summed E-state index contributed by atoms with van der Waals surface area (Å²) in [7, 11) is 0. The summed E-state index contributed by atoms with van der Waals surface area (Å²) in [5.41, 5.74) is 5.25. The monoisotopic (exact) mass is 354 g/mol. The number of hydrogen-bond acceptors (Lipinski definition) is 4. The average molecular weight is 354 g/mol. The molecule has 7 heteroatoms. The van der Waals surface area contributed by atoms with Gasteiger partial charge in [0.1, 0.15) is 6.04 Å². The topological polar surface area (TPSA) is 38.5 Å². The standard InChI is InChI=1S/C17H17F3N2OS/c1-2-12-7-8-15(24-12)14-9-16(21)23-22(14)10-11-5-3-4-6-13(11)17(18,19)20/h3-9,14H,2,10,21H2,1H3. The van der Waals surface area contributed by atoms with Crippen molar-refractivity contribution < 1.29 is 18.0 Å². The molecular formula is C17H17F3N2OS. The summed E-state index contributed by atoms with van der Waals surface area (Å²) in [5.74, 6) is 0.205. The molecule has 1 aromatic carbocycles. The van der Waals surface area contributed by atoms with Crippen LogP contribution in [0.5, 0.6) is 0 Å². The van der Waals surface area contributed by atoms with Crippen molar-refractivity contribution in [1.82, 2.24) is 5.06 Å².